The van der Waals surface area contributed by atoms with Crippen LogP contribution in [0.5, 0.6) is 0 Å². The second kappa shape index (κ2) is 8.32. The average Bonchev–Trinajstić information content (AvgIpc) is 2.91. The van der Waals surface area contributed by atoms with Crippen LogP contribution in [0.2, 0.25) is 0 Å². The number of carboxylic acid groups (broad SMARTS) is 1. The molecule has 122 valence electrons. The Morgan fingerprint density at radius 3 is 2.86 bits per heavy atom. The van der Waals surface area contributed by atoms with Crippen molar-refractivity contribution in [2.24, 2.45) is 5.92 Å². The van der Waals surface area contributed by atoms with Crippen molar-refractivity contribution in [1.82, 2.24) is 4.90 Å². The van der Waals surface area contributed by atoms with Gasteiger partial charge in [0.25, 0.3) is 0 Å². The molecule has 1 amide bonds. The number of carboxylic acids is 1. The SMILES string of the molecule is Cc1ccc(CCCC(=O)N2CCC[C@@H](CCC(=O)O)C2)s1. The number of piperidine rings is 1. The van der Waals surface area contributed by atoms with Crippen LogP contribution in [0.1, 0.15) is 48.3 Å². The van der Waals surface area contributed by atoms with Gasteiger partial charge in [0.2, 0.25) is 5.91 Å². The lowest BCUT2D eigenvalue weighted by Gasteiger charge is -2.32. The summed E-state index contributed by atoms with van der Waals surface area (Å²) < 4.78 is 0. The van der Waals surface area contributed by atoms with E-state index in [1.807, 2.05) is 4.90 Å². The molecule has 0 aromatic carbocycles. The van der Waals surface area contributed by atoms with Gasteiger partial charge in [-0.25, -0.2) is 0 Å². The number of rotatable bonds is 7. The summed E-state index contributed by atoms with van der Waals surface area (Å²) in [7, 11) is 0. The summed E-state index contributed by atoms with van der Waals surface area (Å²) in [6, 6.07) is 4.27. The fourth-order valence-electron chi connectivity index (χ4n) is 3.05. The van der Waals surface area contributed by atoms with E-state index in [1.165, 1.54) is 9.75 Å². The number of carbonyl (C=O) groups is 2. The van der Waals surface area contributed by atoms with E-state index in [4.69, 9.17) is 5.11 Å². The van der Waals surface area contributed by atoms with Crippen LogP contribution in [-0.4, -0.2) is 35.0 Å². The fourth-order valence-corrected chi connectivity index (χ4v) is 3.98. The number of amides is 1. The molecule has 2 rings (SSSR count). The number of nitrogens with zero attached hydrogens (tertiary/aromatic N) is 1. The summed E-state index contributed by atoms with van der Waals surface area (Å²) in [6.45, 7) is 3.68. The zero-order chi connectivity index (χ0) is 15.9. The molecule has 2 heterocycles. The standard InChI is InChI=1S/C17H25NO3S/c1-13-7-9-15(22-13)5-2-6-16(19)18-11-3-4-14(12-18)8-10-17(20)21/h7,9,14H,2-6,8,10-12H2,1H3,(H,20,21)/t14-/m0/s1. The van der Waals surface area contributed by atoms with Crippen molar-refractivity contribution in [2.75, 3.05) is 13.1 Å². The van der Waals surface area contributed by atoms with E-state index < -0.39 is 5.97 Å². The topological polar surface area (TPSA) is 57.6 Å². The van der Waals surface area contributed by atoms with Crippen molar-refractivity contribution in [3.63, 3.8) is 0 Å². The summed E-state index contributed by atoms with van der Waals surface area (Å²) in [5.41, 5.74) is 0. The lowest BCUT2D eigenvalue weighted by molar-refractivity contribution is -0.137. The van der Waals surface area contributed by atoms with Gasteiger partial charge in [0.05, 0.1) is 0 Å². The summed E-state index contributed by atoms with van der Waals surface area (Å²) in [4.78, 5) is 27.6. The van der Waals surface area contributed by atoms with Crippen molar-refractivity contribution < 1.29 is 14.7 Å². The molecule has 0 radical (unpaired) electrons. The van der Waals surface area contributed by atoms with E-state index >= 15 is 0 Å². The molecular formula is C17H25NO3S. The predicted molar refractivity (Wildman–Crippen MR) is 88.2 cm³/mol. The highest BCUT2D eigenvalue weighted by atomic mass is 32.1. The highest BCUT2D eigenvalue weighted by Gasteiger charge is 2.23. The van der Waals surface area contributed by atoms with E-state index in [2.05, 4.69) is 19.1 Å². The Balaban J connectivity index is 1.70. The molecule has 0 aliphatic carbocycles. The third-order valence-corrected chi connectivity index (χ3v) is 5.31. The van der Waals surface area contributed by atoms with E-state index in [0.717, 1.165) is 38.8 Å². The highest BCUT2D eigenvalue weighted by molar-refractivity contribution is 7.11. The molecule has 1 N–H and O–H groups in total. The number of likely N-dealkylation sites (tertiary alicyclic amines) is 1. The smallest absolute Gasteiger partial charge is 0.303 e. The Hall–Kier alpha value is -1.36. The lowest BCUT2D eigenvalue weighted by atomic mass is 9.93. The first kappa shape index (κ1) is 17.0. The van der Waals surface area contributed by atoms with Gasteiger partial charge in [-0.2, -0.15) is 0 Å². The van der Waals surface area contributed by atoms with Crippen molar-refractivity contribution in [3.8, 4) is 0 Å². The van der Waals surface area contributed by atoms with Crippen molar-refractivity contribution in [2.45, 2.75) is 51.9 Å². The van der Waals surface area contributed by atoms with E-state index in [1.54, 1.807) is 11.3 Å². The molecule has 0 bridgehead atoms. The first-order valence-electron chi connectivity index (χ1n) is 8.09. The number of carbonyl (C=O) groups excluding carboxylic acids is 1. The monoisotopic (exact) mass is 323 g/mol. The maximum atomic E-state index is 12.3. The number of hydrogen-bond donors (Lipinski definition) is 1. The second-order valence-corrected chi connectivity index (χ2v) is 7.52. The zero-order valence-electron chi connectivity index (χ0n) is 13.2. The van der Waals surface area contributed by atoms with Gasteiger partial charge < -0.3 is 10.0 Å². The summed E-state index contributed by atoms with van der Waals surface area (Å²) in [5, 5.41) is 8.77. The lowest BCUT2D eigenvalue weighted by Crippen LogP contribution is -2.40. The Kier molecular flexibility index (Phi) is 6.43. The molecule has 1 aliphatic heterocycles. The van der Waals surface area contributed by atoms with E-state index in [-0.39, 0.29) is 12.3 Å². The maximum absolute atomic E-state index is 12.3. The molecule has 1 aliphatic rings. The van der Waals surface area contributed by atoms with Crippen LogP contribution in [0.15, 0.2) is 12.1 Å². The molecule has 1 fully saturated rings. The summed E-state index contributed by atoms with van der Waals surface area (Å²) in [6.07, 6.45) is 5.42. The van der Waals surface area contributed by atoms with Gasteiger partial charge >= 0.3 is 5.97 Å². The molecule has 0 spiro atoms. The second-order valence-electron chi connectivity index (χ2n) is 6.15. The molecule has 1 aromatic heterocycles. The third kappa shape index (κ3) is 5.44. The molecule has 22 heavy (non-hydrogen) atoms. The van der Waals surface area contributed by atoms with Crippen LogP contribution < -0.4 is 0 Å². The predicted octanol–water partition coefficient (Wildman–Crippen LogP) is 3.48. The molecular weight excluding hydrogens is 298 g/mol. The molecule has 0 saturated carbocycles. The Labute approximate surface area is 136 Å². The van der Waals surface area contributed by atoms with Crippen LogP contribution in [0.3, 0.4) is 0 Å². The molecule has 1 aromatic rings. The van der Waals surface area contributed by atoms with Gasteiger partial charge in [0.1, 0.15) is 0 Å². The number of thiophene rings is 1. The summed E-state index contributed by atoms with van der Waals surface area (Å²) >= 11 is 1.80. The van der Waals surface area contributed by atoms with Gasteiger partial charge in [-0.1, -0.05) is 0 Å². The van der Waals surface area contributed by atoms with E-state index in [0.29, 0.717) is 18.8 Å². The Bertz CT molecular complexity index is 512. The number of aliphatic carboxylic acids is 1. The van der Waals surface area contributed by atoms with Crippen LogP contribution in [0, 0.1) is 12.8 Å². The highest BCUT2D eigenvalue weighted by Crippen LogP contribution is 2.22. The van der Waals surface area contributed by atoms with E-state index in [9.17, 15) is 9.59 Å². The third-order valence-electron chi connectivity index (χ3n) is 4.25. The van der Waals surface area contributed by atoms with Crippen LogP contribution in [0.25, 0.3) is 0 Å². The van der Waals surface area contributed by atoms with Crippen molar-refractivity contribution in [3.05, 3.63) is 21.9 Å². The molecule has 4 nitrogen and oxygen atoms in total. The van der Waals surface area contributed by atoms with Gasteiger partial charge in [-0.15, -0.1) is 11.3 Å². The van der Waals surface area contributed by atoms with Gasteiger partial charge in [0, 0.05) is 35.7 Å². The minimum atomic E-state index is -0.741. The zero-order valence-corrected chi connectivity index (χ0v) is 14.0. The normalized spacial score (nSPS) is 18.4. The minimum absolute atomic E-state index is 0.213. The molecule has 1 saturated heterocycles. The average molecular weight is 323 g/mol. The van der Waals surface area contributed by atoms with Crippen LogP contribution >= 0.6 is 11.3 Å². The minimum Gasteiger partial charge on any atom is -0.481 e. The fraction of sp³-hybridized carbons (Fsp3) is 0.647. The molecule has 1 atom stereocenters. The first-order chi connectivity index (χ1) is 10.5. The molecule has 5 heteroatoms. The largest absolute Gasteiger partial charge is 0.481 e. The number of hydrogen-bond acceptors (Lipinski definition) is 3. The van der Waals surface area contributed by atoms with Gasteiger partial charge in [-0.05, 0) is 57.1 Å². The molecule has 0 unspecified atom stereocenters. The maximum Gasteiger partial charge on any atom is 0.303 e. The van der Waals surface area contributed by atoms with Crippen LogP contribution in [0.4, 0.5) is 0 Å². The van der Waals surface area contributed by atoms with Crippen LogP contribution in [-0.2, 0) is 16.0 Å². The summed E-state index contributed by atoms with van der Waals surface area (Å²) in [5.74, 6) is -0.156. The van der Waals surface area contributed by atoms with Gasteiger partial charge in [-0.3, -0.25) is 9.59 Å². The van der Waals surface area contributed by atoms with Crippen molar-refractivity contribution >= 4 is 23.2 Å². The Morgan fingerprint density at radius 2 is 2.18 bits per heavy atom. The van der Waals surface area contributed by atoms with Gasteiger partial charge in [0.15, 0.2) is 0 Å². The Morgan fingerprint density at radius 1 is 1.36 bits per heavy atom. The van der Waals surface area contributed by atoms with Crippen molar-refractivity contribution in [1.29, 1.82) is 0 Å². The first-order valence-corrected chi connectivity index (χ1v) is 8.91. The number of aryl methyl sites for hydroxylation is 2. The quantitative estimate of drug-likeness (QED) is 0.835.